The summed E-state index contributed by atoms with van der Waals surface area (Å²) in [7, 11) is 0. The lowest BCUT2D eigenvalue weighted by atomic mass is 10.1. The molecule has 2 aromatic heterocycles. The molecule has 0 saturated carbocycles. The highest BCUT2D eigenvalue weighted by molar-refractivity contribution is 5.78. The van der Waals surface area contributed by atoms with Gasteiger partial charge in [0.1, 0.15) is 11.6 Å². The third-order valence-corrected chi connectivity index (χ3v) is 5.87. The Kier molecular flexibility index (Phi) is 8.65. The molecule has 0 aliphatic rings. The number of nitrogens with zero attached hydrogens (tertiary/aromatic N) is 3. The number of benzene rings is 1. The van der Waals surface area contributed by atoms with Gasteiger partial charge >= 0.3 is 0 Å². The van der Waals surface area contributed by atoms with E-state index in [0.717, 1.165) is 37.9 Å². The van der Waals surface area contributed by atoms with E-state index in [1.807, 2.05) is 55.1 Å². The predicted octanol–water partition coefficient (Wildman–Crippen LogP) is 5.85. The van der Waals surface area contributed by atoms with Gasteiger partial charge in [-0.3, -0.25) is 14.2 Å². The summed E-state index contributed by atoms with van der Waals surface area (Å²) in [5.74, 6) is 1.47. The summed E-state index contributed by atoms with van der Waals surface area (Å²) in [6.45, 7) is 7.19. The predicted molar refractivity (Wildman–Crippen MR) is 127 cm³/mol. The molecule has 1 atom stereocenters. The van der Waals surface area contributed by atoms with E-state index in [-0.39, 0.29) is 17.5 Å². The van der Waals surface area contributed by atoms with Gasteiger partial charge in [-0.2, -0.15) is 0 Å². The zero-order chi connectivity index (χ0) is 22.9. The Morgan fingerprint density at radius 1 is 1.06 bits per heavy atom. The second kappa shape index (κ2) is 11.7. The second-order valence-corrected chi connectivity index (χ2v) is 8.28. The van der Waals surface area contributed by atoms with Crippen molar-refractivity contribution in [2.24, 2.45) is 0 Å². The van der Waals surface area contributed by atoms with Crippen LogP contribution in [-0.4, -0.2) is 20.4 Å². The van der Waals surface area contributed by atoms with Crippen LogP contribution >= 0.6 is 0 Å². The lowest BCUT2D eigenvalue weighted by Gasteiger charge is -2.32. The summed E-state index contributed by atoms with van der Waals surface area (Å²) in [4.78, 5) is 33.5. The van der Waals surface area contributed by atoms with Crippen LogP contribution in [0.3, 0.4) is 0 Å². The Labute approximate surface area is 190 Å². The highest BCUT2D eigenvalue weighted by Crippen LogP contribution is 2.27. The smallest absolute Gasteiger partial charge is 0.261 e. The molecule has 0 N–H and O–H groups in total. The van der Waals surface area contributed by atoms with E-state index >= 15 is 0 Å². The van der Waals surface area contributed by atoms with Crippen molar-refractivity contribution in [3.8, 4) is 0 Å². The Bertz CT molecular complexity index is 1060. The molecule has 32 heavy (non-hydrogen) atoms. The molecule has 6 heteroatoms. The molecule has 172 valence electrons. The van der Waals surface area contributed by atoms with Crippen LogP contribution in [-0.2, 0) is 17.9 Å². The van der Waals surface area contributed by atoms with E-state index in [9.17, 15) is 9.59 Å². The summed E-state index contributed by atoms with van der Waals surface area (Å²) in [6, 6.07) is 10.9. The third-order valence-electron chi connectivity index (χ3n) is 5.87. The first kappa shape index (κ1) is 23.8. The molecule has 1 unspecified atom stereocenters. The molecule has 0 saturated heterocycles. The van der Waals surface area contributed by atoms with E-state index in [2.05, 4.69) is 6.92 Å². The number of rotatable bonds is 12. The van der Waals surface area contributed by atoms with E-state index in [4.69, 9.17) is 9.40 Å². The minimum absolute atomic E-state index is 0.0424. The van der Waals surface area contributed by atoms with Crippen LogP contribution in [0, 0.1) is 0 Å². The third kappa shape index (κ3) is 5.47. The monoisotopic (exact) mass is 437 g/mol. The van der Waals surface area contributed by atoms with Crippen LogP contribution in [0.2, 0.25) is 0 Å². The molecule has 0 bridgehead atoms. The zero-order valence-corrected chi connectivity index (χ0v) is 19.5. The number of amides is 1. The number of furan rings is 1. The van der Waals surface area contributed by atoms with Gasteiger partial charge in [0.2, 0.25) is 5.91 Å². The molecular weight excluding hydrogens is 402 g/mol. The first-order valence-corrected chi connectivity index (χ1v) is 11.9. The van der Waals surface area contributed by atoms with Crippen LogP contribution in [0.5, 0.6) is 0 Å². The molecule has 0 radical (unpaired) electrons. The quantitative estimate of drug-likeness (QED) is 0.333. The largest absolute Gasteiger partial charge is 0.467 e. The maximum absolute atomic E-state index is 13.4. The number of hydrogen-bond donors (Lipinski definition) is 0. The second-order valence-electron chi connectivity index (χ2n) is 8.28. The van der Waals surface area contributed by atoms with Gasteiger partial charge in [-0.05, 0) is 43.5 Å². The molecule has 1 amide bonds. The molecule has 2 heterocycles. The maximum atomic E-state index is 13.4. The number of para-hydroxylation sites is 1. The van der Waals surface area contributed by atoms with Gasteiger partial charge in [-0.25, -0.2) is 4.98 Å². The summed E-state index contributed by atoms with van der Waals surface area (Å²) >= 11 is 0. The van der Waals surface area contributed by atoms with Gasteiger partial charge in [0.15, 0.2) is 0 Å². The lowest BCUT2D eigenvalue weighted by Crippen LogP contribution is -2.38. The fourth-order valence-electron chi connectivity index (χ4n) is 4.21. The van der Waals surface area contributed by atoms with Crippen molar-refractivity contribution in [3.05, 3.63) is 64.6 Å². The molecule has 1 aromatic carbocycles. The highest BCUT2D eigenvalue weighted by Gasteiger charge is 2.29. The van der Waals surface area contributed by atoms with Crippen LogP contribution in [0.15, 0.2) is 51.9 Å². The van der Waals surface area contributed by atoms with Gasteiger partial charge in [-0.15, -0.1) is 0 Å². The SMILES string of the molecule is CCCCCCC(=O)N(Cc1ccco1)C(CC)c1nc2ccccc2c(=O)n1CCC. The number of fused-ring (bicyclic) bond motifs is 1. The topological polar surface area (TPSA) is 68.3 Å². The molecule has 0 spiro atoms. The Morgan fingerprint density at radius 3 is 2.56 bits per heavy atom. The average molecular weight is 438 g/mol. The number of unbranched alkanes of at least 4 members (excludes halogenated alkanes) is 3. The molecule has 0 fully saturated rings. The number of hydrogen-bond acceptors (Lipinski definition) is 4. The fourth-order valence-corrected chi connectivity index (χ4v) is 4.21. The van der Waals surface area contributed by atoms with Crippen molar-refractivity contribution in [1.82, 2.24) is 14.5 Å². The molecule has 6 nitrogen and oxygen atoms in total. The molecule has 0 aliphatic carbocycles. The summed E-state index contributed by atoms with van der Waals surface area (Å²) in [6.07, 6.45) is 7.76. The first-order valence-electron chi connectivity index (χ1n) is 11.9. The van der Waals surface area contributed by atoms with Crippen LogP contribution in [0.1, 0.15) is 83.3 Å². The summed E-state index contributed by atoms with van der Waals surface area (Å²) in [5, 5.41) is 0.614. The Hall–Kier alpha value is -2.89. The summed E-state index contributed by atoms with van der Waals surface area (Å²) in [5.41, 5.74) is 0.630. The minimum Gasteiger partial charge on any atom is -0.467 e. The van der Waals surface area contributed by atoms with Crippen molar-refractivity contribution in [3.63, 3.8) is 0 Å². The van der Waals surface area contributed by atoms with Crippen LogP contribution < -0.4 is 5.56 Å². The number of carbonyl (C=O) groups is 1. The number of carbonyl (C=O) groups excluding carboxylic acids is 1. The average Bonchev–Trinajstić information content (AvgIpc) is 3.32. The van der Waals surface area contributed by atoms with Crippen molar-refractivity contribution in [1.29, 1.82) is 0 Å². The molecular formula is C26H35N3O3. The van der Waals surface area contributed by atoms with Gasteiger partial charge in [-0.1, -0.05) is 52.2 Å². The summed E-state index contributed by atoms with van der Waals surface area (Å²) < 4.78 is 7.34. The highest BCUT2D eigenvalue weighted by atomic mass is 16.3. The number of aromatic nitrogens is 2. The first-order chi connectivity index (χ1) is 15.6. The van der Waals surface area contributed by atoms with E-state index in [1.54, 1.807) is 10.8 Å². The fraction of sp³-hybridized carbons (Fsp3) is 0.500. The Balaban J connectivity index is 2.03. The van der Waals surface area contributed by atoms with Gasteiger partial charge in [0.05, 0.1) is 29.8 Å². The Morgan fingerprint density at radius 2 is 1.88 bits per heavy atom. The van der Waals surface area contributed by atoms with E-state index in [0.29, 0.717) is 42.7 Å². The molecule has 0 aliphatic heterocycles. The zero-order valence-electron chi connectivity index (χ0n) is 19.5. The minimum atomic E-state index is -0.303. The molecule has 3 rings (SSSR count). The van der Waals surface area contributed by atoms with E-state index < -0.39 is 0 Å². The van der Waals surface area contributed by atoms with E-state index in [1.165, 1.54) is 0 Å². The van der Waals surface area contributed by atoms with Gasteiger partial charge < -0.3 is 9.32 Å². The van der Waals surface area contributed by atoms with Crippen molar-refractivity contribution in [2.45, 2.75) is 84.8 Å². The van der Waals surface area contributed by atoms with Crippen molar-refractivity contribution < 1.29 is 9.21 Å². The normalized spacial score (nSPS) is 12.2. The maximum Gasteiger partial charge on any atom is 0.261 e. The standard InChI is InChI=1S/C26H35N3O3/c1-4-7-8-9-16-24(30)29(19-20-13-12-18-32-20)23(6-3)25-27-22-15-11-10-14-21(22)26(31)28(25)17-5-2/h10-15,18,23H,4-9,16-17,19H2,1-3H3. The van der Waals surface area contributed by atoms with Crippen molar-refractivity contribution in [2.75, 3.05) is 0 Å². The van der Waals surface area contributed by atoms with Gasteiger partial charge in [0.25, 0.3) is 5.56 Å². The van der Waals surface area contributed by atoms with Crippen LogP contribution in [0.25, 0.3) is 10.9 Å². The van der Waals surface area contributed by atoms with Crippen LogP contribution in [0.4, 0.5) is 0 Å². The molecule has 3 aromatic rings. The van der Waals surface area contributed by atoms with Gasteiger partial charge in [0, 0.05) is 13.0 Å². The lowest BCUT2D eigenvalue weighted by molar-refractivity contribution is -0.135. The van der Waals surface area contributed by atoms with Crippen molar-refractivity contribution >= 4 is 16.8 Å².